The molecule has 3 aromatic rings. The van der Waals surface area contributed by atoms with Gasteiger partial charge in [-0.25, -0.2) is 0 Å². The quantitative estimate of drug-likeness (QED) is 0.668. The third-order valence-corrected chi connectivity index (χ3v) is 4.18. The van der Waals surface area contributed by atoms with Gasteiger partial charge in [0, 0.05) is 12.1 Å². The number of nitrogens with one attached hydrogen (secondary N) is 2. The topological polar surface area (TPSA) is 89.1 Å². The SMILES string of the molecule is COc1ccc(CCNc2nnc(-c3ccc(C)cc3)c(=O)[nH]2)cc1OC. The molecule has 0 aliphatic heterocycles. The highest BCUT2D eigenvalue weighted by Crippen LogP contribution is 2.27. The Morgan fingerprint density at radius 1 is 1.00 bits per heavy atom. The van der Waals surface area contributed by atoms with E-state index < -0.39 is 0 Å². The van der Waals surface area contributed by atoms with Crippen LogP contribution >= 0.6 is 0 Å². The number of anilines is 1. The first-order valence-corrected chi connectivity index (χ1v) is 8.59. The molecular formula is C20H22N4O3. The molecule has 0 amide bonds. The molecule has 1 aromatic heterocycles. The van der Waals surface area contributed by atoms with Crippen LogP contribution in [0.3, 0.4) is 0 Å². The minimum atomic E-state index is -0.275. The number of H-pyrrole nitrogens is 1. The lowest BCUT2D eigenvalue weighted by molar-refractivity contribution is 0.354. The number of ether oxygens (including phenoxy) is 2. The number of nitrogens with zero attached hydrogens (tertiary/aromatic N) is 2. The molecule has 0 atom stereocenters. The van der Waals surface area contributed by atoms with Crippen molar-refractivity contribution in [3.8, 4) is 22.8 Å². The van der Waals surface area contributed by atoms with E-state index in [0.717, 1.165) is 23.1 Å². The zero-order valence-corrected chi connectivity index (χ0v) is 15.6. The normalized spacial score (nSPS) is 10.5. The van der Waals surface area contributed by atoms with Crippen molar-refractivity contribution in [1.29, 1.82) is 0 Å². The molecule has 0 unspecified atom stereocenters. The molecule has 0 aliphatic carbocycles. The van der Waals surface area contributed by atoms with E-state index in [1.54, 1.807) is 14.2 Å². The molecule has 2 N–H and O–H groups in total. The number of hydrogen-bond donors (Lipinski definition) is 2. The maximum atomic E-state index is 12.3. The minimum Gasteiger partial charge on any atom is -0.493 e. The molecule has 3 rings (SSSR count). The van der Waals surface area contributed by atoms with Crippen molar-refractivity contribution in [2.45, 2.75) is 13.3 Å². The van der Waals surface area contributed by atoms with E-state index in [2.05, 4.69) is 20.5 Å². The van der Waals surface area contributed by atoms with Crippen molar-refractivity contribution in [1.82, 2.24) is 15.2 Å². The van der Waals surface area contributed by atoms with Crippen molar-refractivity contribution >= 4 is 5.95 Å². The van der Waals surface area contributed by atoms with Gasteiger partial charge < -0.3 is 14.8 Å². The van der Waals surface area contributed by atoms with E-state index in [-0.39, 0.29) is 5.56 Å². The van der Waals surface area contributed by atoms with Crippen molar-refractivity contribution in [3.63, 3.8) is 0 Å². The predicted octanol–water partition coefficient (Wildman–Crippen LogP) is 2.81. The van der Waals surface area contributed by atoms with Crippen molar-refractivity contribution < 1.29 is 9.47 Å². The van der Waals surface area contributed by atoms with E-state index in [1.807, 2.05) is 49.4 Å². The summed E-state index contributed by atoms with van der Waals surface area (Å²) in [5.74, 6) is 1.72. The Balaban J connectivity index is 1.64. The summed E-state index contributed by atoms with van der Waals surface area (Å²) in [7, 11) is 3.21. The third kappa shape index (κ3) is 4.44. The number of hydrogen-bond acceptors (Lipinski definition) is 6. The molecule has 27 heavy (non-hydrogen) atoms. The largest absolute Gasteiger partial charge is 0.493 e. The first-order valence-electron chi connectivity index (χ1n) is 8.59. The number of aromatic amines is 1. The van der Waals surface area contributed by atoms with Crippen molar-refractivity contribution in [2.75, 3.05) is 26.1 Å². The lowest BCUT2D eigenvalue weighted by Crippen LogP contribution is -2.18. The second-order valence-corrected chi connectivity index (χ2v) is 6.08. The first kappa shape index (κ1) is 18.4. The average molecular weight is 366 g/mol. The highest BCUT2D eigenvalue weighted by molar-refractivity contribution is 5.58. The van der Waals surface area contributed by atoms with Crippen LogP contribution in [0.15, 0.2) is 47.3 Å². The minimum absolute atomic E-state index is 0.275. The molecule has 0 bridgehead atoms. The van der Waals surface area contributed by atoms with Crippen LogP contribution in [-0.4, -0.2) is 35.9 Å². The number of aromatic nitrogens is 3. The summed E-state index contributed by atoms with van der Waals surface area (Å²) in [5.41, 5.74) is 2.97. The summed E-state index contributed by atoms with van der Waals surface area (Å²) in [6, 6.07) is 13.4. The van der Waals surface area contributed by atoms with Gasteiger partial charge >= 0.3 is 0 Å². The zero-order valence-electron chi connectivity index (χ0n) is 15.6. The van der Waals surface area contributed by atoms with E-state index in [1.165, 1.54) is 0 Å². The second-order valence-electron chi connectivity index (χ2n) is 6.08. The standard InChI is InChI=1S/C20H22N4O3/c1-13-4-7-15(8-5-13)18-19(25)22-20(24-23-18)21-11-10-14-6-9-16(26-2)17(12-14)27-3/h4-9,12H,10-11H2,1-3H3,(H2,21,22,24,25). The molecule has 0 saturated carbocycles. The summed E-state index contributed by atoms with van der Waals surface area (Å²) in [6.45, 7) is 2.58. The summed E-state index contributed by atoms with van der Waals surface area (Å²) >= 11 is 0. The number of methoxy groups -OCH3 is 2. The van der Waals surface area contributed by atoms with E-state index in [9.17, 15) is 4.79 Å². The predicted molar refractivity (Wildman–Crippen MR) is 105 cm³/mol. The fourth-order valence-electron chi connectivity index (χ4n) is 2.68. The molecule has 0 radical (unpaired) electrons. The monoisotopic (exact) mass is 366 g/mol. The average Bonchev–Trinajstić information content (AvgIpc) is 2.69. The molecule has 7 nitrogen and oxygen atoms in total. The van der Waals surface area contributed by atoms with Crippen molar-refractivity contribution in [2.24, 2.45) is 0 Å². The van der Waals surface area contributed by atoms with Gasteiger partial charge in [-0.3, -0.25) is 9.78 Å². The molecule has 0 spiro atoms. The molecule has 0 aliphatic rings. The molecule has 1 heterocycles. The molecule has 2 aromatic carbocycles. The fraction of sp³-hybridized carbons (Fsp3) is 0.250. The van der Waals surface area contributed by atoms with Crippen LogP contribution in [0.2, 0.25) is 0 Å². The summed E-state index contributed by atoms with van der Waals surface area (Å²) in [5, 5.41) is 11.2. The smallest absolute Gasteiger partial charge is 0.279 e. The Bertz CT molecular complexity index is 968. The second kappa shape index (κ2) is 8.35. The van der Waals surface area contributed by atoms with Gasteiger partial charge in [0.05, 0.1) is 14.2 Å². The lowest BCUT2D eigenvalue weighted by Gasteiger charge is -2.10. The van der Waals surface area contributed by atoms with E-state index in [4.69, 9.17) is 9.47 Å². The number of rotatable bonds is 7. The summed E-state index contributed by atoms with van der Waals surface area (Å²) in [4.78, 5) is 15.0. The Kier molecular flexibility index (Phi) is 5.71. The first-order chi connectivity index (χ1) is 13.1. The van der Waals surface area contributed by atoms with Gasteiger partial charge in [-0.05, 0) is 31.0 Å². The van der Waals surface area contributed by atoms with Crippen LogP contribution in [0.25, 0.3) is 11.3 Å². The van der Waals surface area contributed by atoms with Crippen LogP contribution in [0.1, 0.15) is 11.1 Å². The molecule has 140 valence electrons. The number of aryl methyl sites for hydroxylation is 1. The molecular weight excluding hydrogens is 344 g/mol. The fourth-order valence-corrected chi connectivity index (χ4v) is 2.68. The third-order valence-electron chi connectivity index (χ3n) is 4.18. The van der Waals surface area contributed by atoms with Crippen LogP contribution < -0.4 is 20.3 Å². The van der Waals surface area contributed by atoms with Crippen LogP contribution in [0.4, 0.5) is 5.95 Å². The van der Waals surface area contributed by atoms with Crippen LogP contribution in [-0.2, 0) is 6.42 Å². The van der Waals surface area contributed by atoms with Gasteiger partial charge in [0.25, 0.3) is 5.56 Å². The Hall–Kier alpha value is -3.35. The number of benzene rings is 2. The van der Waals surface area contributed by atoms with Gasteiger partial charge in [-0.1, -0.05) is 35.9 Å². The Morgan fingerprint density at radius 2 is 1.74 bits per heavy atom. The van der Waals surface area contributed by atoms with Gasteiger partial charge in [0.2, 0.25) is 5.95 Å². The highest BCUT2D eigenvalue weighted by atomic mass is 16.5. The maximum absolute atomic E-state index is 12.3. The molecule has 0 fully saturated rings. The van der Waals surface area contributed by atoms with Gasteiger partial charge in [-0.15, -0.1) is 10.2 Å². The van der Waals surface area contributed by atoms with E-state index in [0.29, 0.717) is 29.7 Å². The molecule has 7 heteroatoms. The lowest BCUT2D eigenvalue weighted by atomic mass is 10.1. The van der Waals surface area contributed by atoms with Crippen molar-refractivity contribution in [3.05, 3.63) is 63.9 Å². The highest BCUT2D eigenvalue weighted by Gasteiger charge is 2.08. The Morgan fingerprint density at radius 3 is 2.41 bits per heavy atom. The maximum Gasteiger partial charge on any atom is 0.279 e. The van der Waals surface area contributed by atoms with Crippen LogP contribution in [0, 0.1) is 6.92 Å². The van der Waals surface area contributed by atoms with Crippen LogP contribution in [0.5, 0.6) is 11.5 Å². The summed E-state index contributed by atoms with van der Waals surface area (Å²) < 4.78 is 10.5. The van der Waals surface area contributed by atoms with E-state index >= 15 is 0 Å². The van der Waals surface area contributed by atoms with Gasteiger partial charge in [0.15, 0.2) is 17.2 Å². The van der Waals surface area contributed by atoms with Gasteiger partial charge in [0.1, 0.15) is 0 Å². The van der Waals surface area contributed by atoms with Gasteiger partial charge in [-0.2, -0.15) is 0 Å². The summed E-state index contributed by atoms with van der Waals surface area (Å²) in [6.07, 6.45) is 0.726. The zero-order chi connectivity index (χ0) is 19.2. The Labute approximate surface area is 157 Å². The molecule has 0 saturated heterocycles.